The molecule has 0 unspecified atom stereocenters. The molecule has 0 saturated heterocycles. The van der Waals surface area contributed by atoms with E-state index in [-0.39, 0.29) is 0 Å². The molecule has 0 saturated carbocycles. The summed E-state index contributed by atoms with van der Waals surface area (Å²) in [6, 6.07) is 8.44. The van der Waals surface area contributed by atoms with Gasteiger partial charge < -0.3 is 14.8 Å². The summed E-state index contributed by atoms with van der Waals surface area (Å²) in [5.74, 6) is 1.63. The van der Waals surface area contributed by atoms with Crippen molar-refractivity contribution in [2.45, 2.75) is 45.4 Å². The fraction of sp³-hybridized carbons (Fsp3) is 0.667. The van der Waals surface area contributed by atoms with Gasteiger partial charge in [0.15, 0.2) is 0 Å². The standard InChI is InChI=1S/C18H31NO2/c1-4-16(2)17-10-5-6-11-18(17)21-15-8-7-12-19-13-9-14-20-3/h5-6,10-11,16,19H,4,7-9,12-15H2,1-3H3/p+1/t16-/m1/s1. The van der Waals surface area contributed by atoms with E-state index < -0.39 is 0 Å². The molecule has 0 aliphatic rings. The van der Waals surface area contributed by atoms with Crippen LogP contribution in [0.2, 0.25) is 0 Å². The van der Waals surface area contributed by atoms with Gasteiger partial charge in [0, 0.05) is 13.5 Å². The van der Waals surface area contributed by atoms with Gasteiger partial charge in [0.2, 0.25) is 0 Å². The summed E-state index contributed by atoms with van der Waals surface area (Å²) in [4.78, 5) is 0. The number of rotatable bonds is 12. The summed E-state index contributed by atoms with van der Waals surface area (Å²) in [5, 5.41) is 2.37. The van der Waals surface area contributed by atoms with Crippen LogP contribution in [0.5, 0.6) is 5.75 Å². The number of ether oxygens (including phenoxy) is 2. The fourth-order valence-corrected chi connectivity index (χ4v) is 2.33. The lowest BCUT2D eigenvalue weighted by Gasteiger charge is -2.15. The molecule has 1 atom stereocenters. The van der Waals surface area contributed by atoms with E-state index in [2.05, 4.69) is 43.4 Å². The van der Waals surface area contributed by atoms with Crippen LogP contribution in [0.25, 0.3) is 0 Å². The number of nitrogens with two attached hydrogens (primary N) is 1. The molecule has 3 heteroatoms. The van der Waals surface area contributed by atoms with Gasteiger partial charge in [-0.25, -0.2) is 0 Å². The molecule has 0 aliphatic carbocycles. The van der Waals surface area contributed by atoms with Crippen LogP contribution < -0.4 is 10.1 Å². The van der Waals surface area contributed by atoms with E-state index in [0.717, 1.165) is 44.8 Å². The third kappa shape index (κ3) is 7.49. The van der Waals surface area contributed by atoms with Gasteiger partial charge in [0.1, 0.15) is 5.75 Å². The van der Waals surface area contributed by atoms with Crippen molar-refractivity contribution in [3.05, 3.63) is 29.8 Å². The molecule has 0 aliphatic heterocycles. The van der Waals surface area contributed by atoms with Gasteiger partial charge in [-0.3, -0.25) is 0 Å². The molecule has 0 aromatic heterocycles. The highest BCUT2D eigenvalue weighted by molar-refractivity contribution is 5.35. The van der Waals surface area contributed by atoms with E-state index >= 15 is 0 Å². The van der Waals surface area contributed by atoms with Gasteiger partial charge >= 0.3 is 0 Å². The Labute approximate surface area is 130 Å². The normalized spacial score (nSPS) is 12.3. The Hall–Kier alpha value is -1.06. The zero-order valence-electron chi connectivity index (χ0n) is 13.9. The van der Waals surface area contributed by atoms with Gasteiger partial charge in [-0.2, -0.15) is 0 Å². The van der Waals surface area contributed by atoms with E-state index in [9.17, 15) is 0 Å². The summed E-state index contributed by atoms with van der Waals surface area (Å²) in [5.41, 5.74) is 1.34. The maximum absolute atomic E-state index is 5.97. The van der Waals surface area contributed by atoms with Crippen LogP contribution in [-0.4, -0.2) is 33.4 Å². The Bertz CT molecular complexity index is 368. The molecule has 0 bridgehead atoms. The van der Waals surface area contributed by atoms with Gasteiger partial charge in [0.05, 0.1) is 26.3 Å². The van der Waals surface area contributed by atoms with Crippen molar-refractivity contribution in [3.8, 4) is 5.75 Å². The average Bonchev–Trinajstić information content (AvgIpc) is 2.53. The summed E-state index contributed by atoms with van der Waals surface area (Å²) in [6.07, 6.45) is 4.61. The third-order valence-corrected chi connectivity index (χ3v) is 3.88. The van der Waals surface area contributed by atoms with E-state index in [1.54, 1.807) is 7.11 Å². The molecule has 0 heterocycles. The van der Waals surface area contributed by atoms with Gasteiger partial charge in [-0.15, -0.1) is 0 Å². The van der Waals surface area contributed by atoms with Gasteiger partial charge in [-0.1, -0.05) is 32.0 Å². The van der Waals surface area contributed by atoms with Gasteiger partial charge in [-0.05, 0) is 36.8 Å². The SMILES string of the molecule is CC[C@@H](C)c1ccccc1OCCCC[NH2+]CCCOC. The Morgan fingerprint density at radius 2 is 1.81 bits per heavy atom. The topological polar surface area (TPSA) is 35.1 Å². The molecule has 2 N–H and O–H groups in total. The number of quaternary nitrogens is 1. The van der Waals surface area contributed by atoms with E-state index in [1.165, 1.54) is 18.5 Å². The highest BCUT2D eigenvalue weighted by atomic mass is 16.5. The highest BCUT2D eigenvalue weighted by Gasteiger charge is 2.09. The first-order valence-corrected chi connectivity index (χ1v) is 8.31. The molecular formula is C18H32NO2+. The molecule has 1 aromatic carbocycles. The minimum absolute atomic E-state index is 0.565. The molecule has 120 valence electrons. The maximum atomic E-state index is 5.97. The first-order chi connectivity index (χ1) is 10.3. The average molecular weight is 294 g/mol. The van der Waals surface area contributed by atoms with Crippen molar-refractivity contribution < 1.29 is 14.8 Å². The van der Waals surface area contributed by atoms with E-state index in [0.29, 0.717) is 5.92 Å². The molecule has 0 fully saturated rings. The summed E-state index contributed by atoms with van der Waals surface area (Å²) >= 11 is 0. The van der Waals surface area contributed by atoms with Crippen LogP contribution in [-0.2, 0) is 4.74 Å². The van der Waals surface area contributed by atoms with Crippen LogP contribution >= 0.6 is 0 Å². The van der Waals surface area contributed by atoms with Crippen molar-refractivity contribution in [1.29, 1.82) is 0 Å². The number of benzene rings is 1. The fourth-order valence-electron chi connectivity index (χ4n) is 2.33. The molecule has 0 amide bonds. The second-order valence-electron chi connectivity index (χ2n) is 5.62. The molecule has 1 rings (SSSR count). The minimum atomic E-state index is 0.565. The molecule has 0 radical (unpaired) electrons. The quantitative estimate of drug-likeness (QED) is 0.602. The third-order valence-electron chi connectivity index (χ3n) is 3.88. The Morgan fingerprint density at radius 3 is 2.57 bits per heavy atom. The number of unbranched alkanes of at least 4 members (excludes halogenated alkanes) is 1. The molecule has 1 aromatic rings. The number of hydrogen-bond acceptors (Lipinski definition) is 2. The lowest BCUT2D eigenvalue weighted by atomic mass is 9.98. The van der Waals surface area contributed by atoms with Crippen molar-refractivity contribution in [2.75, 3.05) is 33.4 Å². The summed E-state index contributed by atoms with van der Waals surface area (Å²) < 4.78 is 11.0. The second-order valence-corrected chi connectivity index (χ2v) is 5.62. The van der Waals surface area contributed by atoms with E-state index in [1.807, 2.05) is 0 Å². The van der Waals surface area contributed by atoms with Crippen LogP contribution in [0.15, 0.2) is 24.3 Å². The lowest BCUT2D eigenvalue weighted by Crippen LogP contribution is -2.84. The summed E-state index contributed by atoms with van der Waals surface area (Å²) in [7, 11) is 1.76. The van der Waals surface area contributed by atoms with Crippen molar-refractivity contribution in [3.63, 3.8) is 0 Å². The monoisotopic (exact) mass is 294 g/mol. The number of hydrogen-bond donors (Lipinski definition) is 1. The predicted molar refractivity (Wildman–Crippen MR) is 88.0 cm³/mol. The first-order valence-electron chi connectivity index (χ1n) is 8.31. The van der Waals surface area contributed by atoms with E-state index in [4.69, 9.17) is 9.47 Å². The van der Waals surface area contributed by atoms with Crippen molar-refractivity contribution in [1.82, 2.24) is 0 Å². The second kappa shape index (κ2) is 11.6. The predicted octanol–water partition coefficient (Wildman–Crippen LogP) is 2.96. The number of para-hydroxylation sites is 1. The Morgan fingerprint density at radius 1 is 1.05 bits per heavy atom. The zero-order valence-corrected chi connectivity index (χ0v) is 13.9. The van der Waals surface area contributed by atoms with Crippen LogP contribution in [0.4, 0.5) is 0 Å². The maximum Gasteiger partial charge on any atom is 0.122 e. The molecule has 3 nitrogen and oxygen atoms in total. The lowest BCUT2D eigenvalue weighted by molar-refractivity contribution is -0.655. The zero-order chi connectivity index (χ0) is 15.3. The molecule has 21 heavy (non-hydrogen) atoms. The van der Waals surface area contributed by atoms with Crippen LogP contribution in [0.1, 0.15) is 51.0 Å². The smallest absolute Gasteiger partial charge is 0.122 e. The highest BCUT2D eigenvalue weighted by Crippen LogP contribution is 2.28. The van der Waals surface area contributed by atoms with Crippen LogP contribution in [0, 0.1) is 0 Å². The van der Waals surface area contributed by atoms with Crippen molar-refractivity contribution >= 4 is 0 Å². The van der Waals surface area contributed by atoms with Gasteiger partial charge in [0.25, 0.3) is 0 Å². The Balaban J connectivity index is 2.15. The van der Waals surface area contributed by atoms with Crippen molar-refractivity contribution in [2.24, 2.45) is 0 Å². The first kappa shape index (κ1) is 18.0. The summed E-state index contributed by atoms with van der Waals surface area (Å²) in [6.45, 7) is 8.51. The molecule has 0 spiro atoms. The van der Waals surface area contributed by atoms with Crippen LogP contribution in [0.3, 0.4) is 0 Å². The Kier molecular flexibility index (Phi) is 9.92. The minimum Gasteiger partial charge on any atom is -0.493 e. The largest absolute Gasteiger partial charge is 0.493 e. The number of methoxy groups -OCH3 is 1. The molecular weight excluding hydrogens is 262 g/mol.